The largest absolute Gasteiger partial charge is 0.507 e. The van der Waals surface area contributed by atoms with E-state index in [4.69, 9.17) is 38.8 Å². The van der Waals surface area contributed by atoms with Gasteiger partial charge in [-0.1, -0.05) is 159 Å². The minimum Gasteiger partial charge on any atom is -0.507 e. The molecule has 8 aromatic rings. The van der Waals surface area contributed by atoms with Crippen LogP contribution < -0.4 is 0 Å². The molecule has 0 saturated heterocycles. The van der Waals surface area contributed by atoms with Crippen molar-refractivity contribution in [2.75, 3.05) is 0 Å². The molecule has 0 bridgehead atoms. The monoisotopic (exact) mass is 795 g/mol. The van der Waals surface area contributed by atoms with Gasteiger partial charge in [0.25, 0.3) is 0 Å². The topological polar surface area (TPSA) is 50.9 Å². The Balaban J connectivity index is 1.54. The van der Waals surface area contributed by atoms with Crippen molar-refractivity contribution in [3.05, 3.63) is 168 Å². The van der Waals surface area contributed by atoms with Crippen LogP contribution in [-0.4, -0.2) is 19.6 Å². The average Bonchev–Trinajstić information content (AvgIpc) is 3.71. The second kappa shape index (κ2) is 14.8. The number of para-hydroxylation sites is 1. The highest BCUT2D eigenvalue weighted by molar-refractivity contribution is 5.97. The van der Waals surface area contributed by atoms with E-state index in [-0.39, 0.29) is 33.8 Å². The molecular formula is C55H55N3O. The number of pyridine rings is 1. The number of phenols is 1. The number of phenolic OH excluding ortho intramolecular Hbond substituents is 1. The molecule has 8 rings (SSSR count). The van der Waals surface area contributed by atoms with E-state index in [1.165, 1.54) is 22.8 Å². The third-order valence-corrected chi connectivity index (χ3v) is 10.5. The fourth-order valence-electron chi connectivity index (χ4n) is 7.38. The van der Waals surface area contributed by atoms with Gasteiger partial charge in [0.05, 0.1) is 28.0 Å². The molecule has 0 unspecified atom stereocenters. The minimum absolute atomic E-state index is 0.0118. The van der Waals surface area contributed by atoms with Crippen molar-refractivity contribution >= 4 is 11.0 Å². The fourth-order valence-corrected chi connectivity index (χ4v) is 7.38. The smallest absolute Gasteiger partial charge is 0.149 e. The van der Waals surface area contributed by atoms with Gasteiger partial charge in [0.15, 0.2) is 0 Å². The maximum Gasteiger partial charge on any atom is 0.149 e. The summed E-state index contributed by atoms with van der Waals surface area (Å²) in [4.78, 5) is 9.65. The molecule has 0 fully saturated rings. The first-order chi connectivity index (χ1) is 36.7. The standard InChI is InChI=1S/C55H55N3O/c1-35-29-38(36-17-12-11-13-18-36)25-26-48(35)58-49-24-16-23-44(50(49)57-52(58)45-33-43(54(5,6)7)34-46(51(45)59)55(8,9)10)40-20-14-21-41(30-40)47-32-39(27-28-56-47)37-19-15-22-42(31-37)53(2,3)4/h11-34,59H,1-10H3/i1D3,5D3,6D3,7D3,8D3,9D3,10D3. The van der Waals surface area contributed by atoms with Gasteiger partial charge in [-0.15, -0.1) is 0 Å². The van der Waals surface area contributed by atoms with Crippen molar-refractivity contribution in [2.24, 2.45) is 0 Å². The summed E-state index contributed by atoms with van der Waals surface area (Å²) in [7, 11) is 0. The molecule has 0 aliphatic heterocycles. The van der Waals surface area contributed by atoms with Crippen LogP contribution in [0.25, 0.3) is 72.7 Å². The molecule has 4 nitrogen and oxygen atoms in total. The molecular weight excluding hydrogens is 719 g/mol. The van der Waals surface area contributed by atoms with E-state index in [0.717, 1.165) is 16.7 Å². The molecule has 0 aliphatic carbocycles. The lowest BCUT2D eigenvalue weighted by Crippen LogP contribution is -2.17. The number of aromatic hydroxyl groups is 1. The number of aryl methyl sites for hydroxylation is 1. The zero-order chi connectivity index (χ0) is 59.4. The molecule has 0 aliphatic rings. The molecule has 6 aromatic carbocycles. The summed E-state index contributed by atoms with van der Waals surface area (Å²) in [5.74, 6) is -2.12. The lowest BCUT2D eigenvalue weighted by Gasteiger charge is -2.27. The zero-order valence-electron chi connectivity index (χ0n) is 53.6. The Kier molecular flexibility index (Phi) is 5.45. The maximum absolute atomic E-state index is 12.8. The van der Waals surface area contributed by atoms with Crippen LogP contribution in [-0.2, 0) is 16.2 Å². The summed E-state index contributed by atoms with van der Waals surface area (Å²) < 4.78 is 184. The van der Waals surface area contributed by atoms with E-state index >= 15 is 0 Å². The predicted octanol–water partition coefficient (Wildman–Crippen LogP) is 14.7. The highest BCUT2D eigenvalue weighted by Gasteiger charge is 2.29. The van der Waals surface area contributed by atoms with Crippen LogP contribution in [0.1, 0.15) is 113 Å². The van der Waals surface area contributed by atoms with Gasteiger partial charge >= 0.3 is 0 Å². The van der Waals surface area contributed by atoms with Gasteiger partial charge < -0.3 is 5.11 Å². The number of benzene rings is 6. The van der Waals surface area contributed by atoms with Gasteiger partial charge in [0.2, 0.25) is 0 Å². The fraction of sp³-hybridized carbons (Fsp3) is 0.236. The molecule has 0 amide bonds. The SMILES string of the molecule is [2H]C([2H])([2H])c1cc(-c2ccccc2)ccc1-n1c(-c2cc(C(C([2H])([2H])[2H])(C([2H])([2H])[2H])C([2H])([2H])[2H])cc(C(C([2H])([2H])[2H])(C([2H])([2H])[2H])C([2H])([2H])[2H])c2O)nc2c(-c3cccc(-c4cc(-c5cccc(C(C)(C)C)c5)ccn4)c3)cccc21. The predicted molar refractivity (Wildman–Crippen MR) is 249 cm³/mol. The van der Waals surface area contributed by atoms with Gasteiger partial charge in [-0.3, -0.25) is 9.55 Å². The Bertz CT molecular complexity index is 3560. The van der Waals surface area contributed by atoms with Crippen molar-refractivity contribution in [1.29, 1.82) is 0 Å². The summed E-state index contributed by atoms with van der Waals surface area (Å²) in [6, 6.07) is 37.7. The van der Waals surface area contributed by atoms with Crippen molar-refractivity contribution < 1.29 is 33.9 Å². The van der Waals surface area contributed by atoms with Gasteiger partial charge in [-0.2, -0.15) is 0 Å². The molecule has 1 N–H and O–H groups in total. The third-order valence-electron chi connectivity index (χ3n) is 10.5. The molecule has 2 heterocycles. The summed E-state index contributed by atoms with van der Waals surface area (Å²) in [5, 5.41) is 12.8. The first-order valence-electron chi connectivity index (χ1n) is 29.5. The Hall–Kier alpha value is -6.26. The second-order valence-corrected chi connectivity index (χ2v) is 15.8. The number of imidazole rings is 1. The van der Waals surface area contributed by atoms with E-state index in [1.807, 2.05) is 30.3 Å². The van der Waals surface area contributed by atoms with Crippen LogP contribution >= 0.6 is 0 Å². The first-order valence-corrected chi connectivity index (χ1v) is 19.0. The van der Waals surface area contributed by atoms with E-state index in [9.17, 15) is 5.11 Å². The number of hydrogen-bond donors (Lipinski definition) is 1. The van der Waals surface area contributed by atoms with Crippen LogP contribution in [0.15, 0.2) is 146 Å². The van der Waals surface area contributed by atoms with Crippen molar-refractivity contribution in [1.82, 2.24) is 14.5 Å². The van der Waals surface area contributed by atoms with Gasteiger partial charge in [0.1, 0.15) is 11.6 Å². The van der Waals surface area contributed by atoms with Crippen LogP contribution in [0, 0.1) is 6.85 Å². The summed E-state index contributed by atoms with van der Waals surface area (Å²) in [6.07, 6.45) is 1.68. The molecule has 4 heteroatoms. The van der Waals surface area contributed by atoms with Gasteiger partial charge in [0, 0.05) is 51.7 Å². The van der Waals surface area contributed by atoms with Crippen molar-refractivity contribution in [3.8, 4) is 67.5 Å². The molecule has 0 saturated carbocycles. The quantitative estimate of drug-likeness (QED) is 0.182. The molecule has 59 heavy (non-hydrogen) atoms. The molecule has 2 aromatic heterocycles. The van der Waals surface area contributed by atoms with E-state index in [0.29, 0.717) is 39.6 Å². The van der Waals surface area contributed by atoms with Crippen LogP contribution in [0.5, 0.6) is 5.75 Å². The number of rotatable bonds is 6. The van der Waals surface area contributed by atoms with E-state index in [1.54, 1.807) is 72.9 Å². The Morgan fingerprint density at radius 3 is 2.00 bits per heavy atom. The minimum atomic E-state index is -4.21. The van der Waals surface area contributed by atoms with Crippen molar-refractivity contribution in [3.63, 3.8) is 0 Å². The number of hydrogen-bond acceptors (Lipinski definition) is 3. The molecule has 296 valence electrons. The first kappa shape index (κ1) is 21.7. The van der Waals surface area contributed by atoms with Gasteiger partial charge in [-0.05, 0) is 110 Å². The maximum atomic E-state index is 12.8. The summed E-state index contributed by atoms with van der Waals surface area (Å²) in [6.45, 7) is -21.5. The number of nitrogens with zero attached hydrogens (tertiary/aromatic N) is 3. The second-order valence-electron chi connectivity index (χ2n) is 15.8. The van der Waals surface area contributed by atoms with Crippen molar-refractivity contribution in [2.45, 2.75) is 85.0 Å². The Morgan fingerprint density at radius 2 is 1.24 bits per heavy atom. The van der Waals surface area contributed by atoms with E-state index in [2.05, 4.69) is 32.9 Å². The summed E-state index contributed by atoms with van der Waals surface area (Å²) >= 11 is 0. The summed E-state index contributed by atoms with van der Waals surface area (Å²) in [5.41, 5.74) is -6.77. The number of fused-ring (bicyclic) bond motifs is 1. The lowest BCUT2D eigenvalue weighted by atomic mass is 9.79. The molecule has 0 radical (unpaired) electrons. The van der Waals surface area contributed by atoms with Crippen LogP contribution in [0.3, 0.4) is 0 Å². The number of aromatic nitrogens is 3. The lowest BCUT2D eigenvalue weighted by molar-refractivity contribution is 0.446. The average molecular weight is 795 g/mol. The third kappa shape index (κ3) is 7.72. The Morgan fingerprint density at radius 1 is 0.542 bits per heavy atom. The zero-order valence-corrected chi connectivity index (χ0v) is 32.6. The van der Waals surface area contributed by atoms with Crippen LogP contribution in [0.4, 0.5) is 0 Å². The van der Waals surface area contributed by atoms with Gasteiger partial charge in [-0.25, -0.2) is 4.98 Å². The van der Waals surface area contributed by atoms with Crippen LogP contribution in [0.2, 0.25) is 0 Å². The highest BCUT2D eigenvalue weighted by Crippen LogP contribution is 2.45. The normalized spacial score (nSPS) is 19.1. The Labute approximate surface area is 379 Å². The molecule has 0 spiro atoms. The molecule has 0 atom stereocenters. The highest BCUT2D eigenvalue weighted by atomic mass is 16.3. The van der Waals surface area contributed by atoms with E-state index < -0.39 is 87.1 Å².